The predicted octanol–water partition coefficient (Wildman–Crippen LogP) is 4.34. The molecule has 3 heterocycles. The van der Waals surface area contributed by atoms with Crippen LogP contribution in [0, 0.1) is 0 Å². The average Bonchev–Trinajstić information content (AvgIpc) is 3.51. The molecule has 7 nitrogen and oxygen atoms in total. The average molecular weight is 442 g/mol. The summed E-state index contributed by atoms with van der Waals surface area (Å²) < 4.78 is 1.77. The lowest BCUT2D eigenvalue weighted by Crippen LogP contribution is -2.44. The minimum atomic E-state index is -0.557. The van der Waals surface area contributed by atoms with E-state index < -0.39 is 11.9 Å². The third-order valence-corrected chi connectivity index (χ3v) is 6.20. The van der Waals surface area contributed by atoms with Crippen molar-refractivity contribution in [3.05, 3.63) is 84.0 Å². The normalized spacial score (nSPS) is 12.0. The molecule has 2 amide bonds. The number of carbonyl (C=O) groups is 2. The molecule has 32 heavy (non-hydrogen) atoms. The first kappa shape index (κ1) is 19.9. The van der Waals surface area contributed by atoms with Gasteiger partial charge in [-0.2, -0.15) is 0 Å². The topological polar surface area (TPSA) is 88.9 Å². The molecule has 0 radical (unpaired) electrons. The number of thiophene rings is 1. The Labute approximate surface area is 187 Å². The number of rotatable bonds is 4. The molecule has 0 aliphatic rings. The number of aromatic nitrogens is 3. The SMILES string of the molecule is CC(C(=O)NNC(=O)c1cc(-c2cccs2)nc2ccccc12)n1cnc2ccccc21. The summed E-state index contributed by atoms with van der Waals surface area (Å²) in [6.45, 7) is 1.76. The Balaban J connectivity index is 1.38. The van der Waals surface area contributed by atoms with E-state index in [-0.39, 0.29) is 5.91 Å². The van der Waals surface area contributed by atoms with E-state index in [0.717, 1.165) is 15.9 Å². The number of pyridine rings is 1. The van der Waals surface area contributed by atoms with Gasteiger partial charge in [0.25, 0.3) is 11.8 Å². The van der Waals surface area contributed by atoms with Gasteiger partial charge in [0.2, 0.25) is 0 Å². The number of hydrogen-bond donors (Lipinski definition) is 2. The molecule has 8 heteroatoms. The van der Waals surface area contributed by atoms with Crippen LogP contribution in [0.25, 0.3) is 32.5 Å². The van der Waals surface area contributed by atoms with E-state index >= 15 is 0 Å². The first-order chi connectivity index (χ1) is 15.6. The van der Waals surface area contributed by atoms with Gasteiger partial charge in [-0.05, 0) is 42.6 Å². The van der Waals surface area contributed by atoms with Gasteiger partial charge in [-0.1, -0.05) is 36.4 Å². The summed E-state index contributed by atoms with van der Waals surface area (Å²) in [6.07, 6.45) is 1.63. The van der Waals surface area contributed by atoms with Gasteiger partial charge in [-0.25, -0.2) is 9.97 Å². The van der Waals surface area contributed by atoms with E-state index in [1.165, 1.54) is 0 Å². The Hall–Kier alpha value is -4.04. The molecule has 0 spiro atoms. The van der Waals surface area contributed by atoms with Gasteiger partial charge in [-0.3, -0.25) is 20.4 Å². The van der Waals surface area contributed by atoms with Crippen molar-refractivity contribution in [3.63, 3.8) is 0 Å². The molecule has 0 aliphatic carbocycles. The molecule has 5 aromatic rings. The highest BCUT2D eigenvalue weighted by Gasteiger charge is 2.19. The number of imidazole rings is 1. The third-order valence-electron chi connectivity index (χ3n) is 5.31. The van der Waals surface area contributed by atoms with Crippen molar-refractivity contribution < 1.29 is 9.59 Å². The van der Waals surface area contributed by atoms with Crippen molar-refractivity contribution in [1.82, 2.24) is 25.4 Å². The van der Waals surface area contributed by atoms with E-state index in [9.17, 15) is 9.59 Å². The van der Waals surface area contributed by atoms with Crippen molar-refractivity contribution in [2.24, 2.45) is 0 Å². The first-order valence-corrected chi connectivity index (χ1v) is 11.0. The van der Waals surface area contributed by atoms with Crippen LogP contribution in [0.4, 0.5) is 0 Å². The highest BCUT2D eigenvalue weighted by atomic mass is 32.1. The zero-order valence-corrected chi connectivity index (χ0v) is 18.0. The van der Waals surface area contributed by atoms with E-state index in [0.29, 0.717) is 22.2 Å². The summed E-state index contributed by atoms with van der Waals surface area (Å²) in [6, 6.07) is 20.1. The lowest BCUT2D eigenvalue weighted by Gasteiger charge is -2.16. The van der Waals surface area contributed by atoms with Gasteiger partial charge < -0.3 is 4.57 Å². The number of nitrogens with one attached hydrogen (secondary N) is 2. The Bertz CT molecular complexity index is 1440. The van der Waals surface area contributed by atoms with Gasteiger partial charge in [0.1, 0.15) is 6.04 Å². The van der Waals surface area contributed by atoms with Crippen LogP contribution in [0.5, 0.6) is 0 Å². The molecule has 5 rings (SSSR count). The zero-order valence-electron chi connectivity index (χ0n) is 17.1. The van der Waals surface area contributed by atoms with Gasteiger partial charge >= 0.3 is 0 Å². The summed E-state index contributed by atoms with van der Waals surface area (Å²) in [5, 5.41) is 2.68. The largest absolute Gasteiger partial charge is 0.318 e. The fourth-order valence-corrected chi connectivity index (χ4v) is 4.30. The van der Waals surface area contributed by atoms with Gasteiger partial charge in [0, 0.05) is 5.39 Å². The molecule has 1 atom stereocenters. The Morgan fingerprint density at radius 3 is 2.56 bits per heavy atom. The smallest absolute Gasteiger partial charge is 0.270 e. The Morgan fingerprint density at radius 1 is 0.969 bits per heavy atom. The standard InChI is InChI=1S/C24H19N5O2S/c1-15(29-14-25-19-9-4-5-10-21(19)29)23(30)27-28-24(31)17-13-20(22-11-6-12-32-22)26-18-8-3-2-7-16(17)18/h2-15H,1H3,(H,27,30)(H,28,31). The van der Waals surface area contributed by atoms with Crippen molar-refractivity contribution in [3.8, 4) is 10.6 Å². The molecule has 0 bridgehead atoms. The zero-order chi connectivity index (χ0) is 22.1. The van der Waals surface area contributed by atoms with E-state index in [2.05, 4.69) is 20.8 Å². The minimum Gasteiger partial charge on any atom is -0.318 e. The molecular weight excluding hydrogens is 422 g/mol. The van der Waals surface area contributed by atoms with Crippen molar-refractivity contribution in [2.75, 3.05) is 0 Å². The predicted molar refractivity (Wildman–Crippen MR) is 125 cm³/mol. The lowest BCUT2D eigenvalue weighted by atomic mass is 10.1. The van der Waals surface area contributed by atoms with E-state index in [1.807, 2.05) is 66.0 Å². The van der Waals surface area contributed by atoms with Crippen molar-refractivity contribution >= 4 is 45.1 Å². The number of fused-ring (bicyclic) bond motifs is 2. The van der Waals surface area contributed by atoms with Crippen molar-refractivity contribution in [1.29, 1.82) is 0 Å². The summed E-state index contributed by atoms with van der Waals surface area (Å²) in [5.41, 5.74) is 8.64. The van der Waals surface area contributed by atoms with Crippen LogP contribution in [0.1, 0.15) is 23.3 Å². The number of carbonyl (C=O) groups excluding carboxylic acids is 2. The molecule has 0 saturated carbocycles. The number of hydrogen-bond acceptors (Lipinski definition) is 5. The third kappa shape index (κ3) is 3.61. The second-order valence-corrected chi connectivity index (χ2v) is 8.26. The van der Waals surface area contributed by atoms with Crippen LogP contribution < -0.4 is 10.9 Å². The molecule has 0 aliphatic heterocycles. The van der Waals surface area contributed by atoms with Crippen LogP contribution >= 0.6 is 11.3 Å². The van der Waals surface area contributed by atoms with Crippen LogP contribution in [0.15, 0.2) is 78.4 Å². The molecule has 0 saturated heterocycles. The summed E-state index contributed by atoms with van der Waals surface area (Å²) >= 11 is 1.55. The number of amides is 2. The molecule has 3 aromatic heterocycles. The quantitative estimate of drug-likeness (QED) is 0.406. The maximum Gasteiger partial charge on any atom is 0.270 e. The molecule has 158 valence electrons. The highest BCUT2D eigenvalue weighted by Crippen LogP contribution is 2.27. The van der Waals surface area contributed by atoms with Crippen molar-refractivity contribution in [2.45, 2.75) is 13.0 Å². The summed E-state index contributed by atoms with van der Waals surface area (Å²) in [4.78, 5) is 35.8. The molecule has 1 unspecified atom stereocenters. The number of benzene rings is 2. The van der Waals surface area contributed by atoms with Gasteiger partial charge in [-0.15, -0.1) is 11.3 Å². The van der Waals surface area contributed by atoms with Gasteiger partial charge in [0.05, 0.1) is 39.0 Å². The highest BCUT2D eigenvalue weighted by molar-refractivity contribution is 7.13. The summed E-state index contributed by atoms with van der Waals surface area (Å²) in [7, 11) is 0. The fourth-order valence-electron chi connectivity index (χ4n) is 3.62. The second-order valence-electron chi connectivity index (χ2n) is 7.31. The number of hydrazine groups is 1. The van der Waals surface area contributed by atoms with Crippen LogP contribution in [-0.4, -0.2) is 26.3 Å². The number of nitrogens with zero attached hydrogens (tertiary/aromatic N) is 3. The van der Waals surface area contributed by atoms with Crippen LogP contribution in [0.2, 0.25) is 0 Å². The summed E-state index contributed by atoms with van der Waals surface area (Å²) in [5.74, 6) is -0.754. The van der Waals surface area contributed by atoms with Crippen LogP contribution in [0.3, 0.4) is 0 Å². The Kier molecular flexibility index (Phi) is 5.12. The maximum atomic E-state index is 13.0. The monoisotopic (exact) mass is 441 g/mol. The molecular formula is C24H19N5O2S. The first-order valence-electron chi connectivity index (χ1n) is 10.1. The molecule has 0 fully saturated rings. The minimum absolute atomic E-state index is 0.349. The molecule has 2 aromatic carbocycles. The Morgan fingerprint density at radius 2 is 1.75 bits per heavy atom. The fraction of sp³-hybridized carbons (Fsp3) is 0.0833. The lowest BCUT2D eigenvalue weighted by molar-refractivity contribution is -0.124. The second kappa shape index (κ2) is 8.24. The van der Waals surface area contributed by atoms with Gasteiger partial charge in [0.15, 0.2) is 0 Å². The van der Waals surface area contributed by atoms with E-state index in [1.54, 1.807) is 35.2 Å². The number of para-hydroxylation sites is 3. The molecule has 2 N–H and O–H groups in total. The van der Waals surface area contributed by atoms with E-state index in [4.69, 9.17) is 0 Å². The van der Waals surface area contributed by atoms with Crippen LogP contribution in [-0.2, 0) is 4.79 Å². The maximum absolute atomic E-state index is 13.0.